The SMILES string of the molecule is CSc1cccc(CN2CCC(n3nccc3NC(=O)Cc3ccccc3)CC2)c1. The zero-order valence-corrected chi connectivity index (χ0v) is 18.1. The van der Waals surface area contributed by atoms with Crippen LogP contribution < -0.4 is 5.32 Å². The van der Waals surface area contributed by atoms with Crippen LogP contribution in [0.2, 0.25) is 0 Å². The third kappa shape index (κ3) is 5.32. The van der Waals surface area contributed by atoms with E-state index in [-0.39, 0.29) is 5.91 Å². The number of hydrogen-bond donors (Lipinski definition) is 1. The van der Waals surface area contributed by atoms with Crippen LogP contribution in [0.1, 0.15) is 30.0 Å². The van der Waals surface area contributed by atoms with Crippen LogP contribution in [-0.2, 0) is 17.8 Å². The van der Waals surface area contributed by atoms with Crippen LogP contribution >= 0.6 is 11.8 Å². The number of nitrogens with one attached hydrogen (secondary N) is 1. The second-order valence-electron chi connectivity index (χ2n) is 7.73. The van der Waals surface area contributed by atoms with E-state index in [0.717, 1.165) is 43.9 Å². The highest BCUT2D eigenvalue weighted by atomic mass is 32.2. The van der Waals surface area contributed by atoms with E-state index in [0.29, 0.717) is 12.5 Å². The highest BCUT2D eigenvalue weighted by Gasteiger charge is 2.23. The quantitative estimate of drug-likeness (QED) is 0.567. The molecule has 0 radical (unpaired) electrons. The normalized spacial score (nSPS) is 15.2. The number of aromatic nitrogens is 2. The van der Waals surface area contributed by atoms with Gasteiger partial charge in [0.15, 0.2) is 0 Å². The molecule has 6 heteroatoms. The fourth-order valence-electron chi connectivity index (χ4n) is 4.02. The van der Waals surface area contributed by atoms with Gasteiger partial charge in [-0.3, -0.25) is 9.69 Å². The van der Waals surface area contributed by atoms with Gasteiger partial charge in [0.1, 0.15) is 5.82 Å². The van der Waals surface area contributed by atoms with Gasteiger partial charge in [0.25, 0.3) is 0 Å². The fourth-order valence-corrected chi connectivity index (χ4v) is 4.51. The molecule has 0 unspecified atom stereocenters. The van der Waals surface area contributed by atoms with Crippen LogP contribution in [-0.4, -0.2) is 39.9 Å². The van der Waals surface area contributed by atoms with Gasteiger partial charge in [-0.2, -0.15) is 5.10 Å². The number of nitrogens with zero attached hydrogens (tertiary/aromatic N) is 3. The van der Waals surface area contributed by atoms with Gasteiger partial charge in [0.05, 0.1) is 18.7 Å². The third-order valence-corrected chi connectivity index (χ3v) is 6.31. The summed E-state index contributed by atoms with van der Waals surface area (Å²) in [5, 5.41) is 7.56. The van der Waals surface area contributed by atoms with Crippen LogP contribution in [0, 0.1) is 0 Å². The average molecular weight is 421 g/mol. The lowest BCUT2D eigenvalue weighted by molar-refractivity contribution is -0.115. The van der Waals surface area contributed by atoms with Gasteiger partial charge in [0, 0.05) is 30.6 Å². The summed E-state index contributed by atoms with van der Waals surface area (Å²) >= 11 is 1.79. The molecule has 30 heavy (non-hydrogen) atoms. The summed E-state index contributed by atoms with van der Waals surface area (Å²) in [6.07, 6.45) is 6.33. The molecular formula is C24H28N4OS. The number of benzene rings is 2. The van der Waals surface area contributed by atoms with E-state index in [1.807, 2.05) is 41.1 Å². The maximum Gasteiger partial charge on any atom is 0.229 e. The summed E-state index contributed by atoms with van der Waals surface area (Å²) in [5.74, 6) is 0.788. The lowest BCUT2D eigenvalue weighted by atomic mass is 10.0. The van der Waals surface area contributed by atoms with Crippen molar-refractivity contribution in [1.29, 1.82) is 0 Å². The number of likely N-dealkylation sites (tertiary alicyclic amines) is 1. The summed E-state index contributed by atoms with van der Waals surface area (Å²) in [5.41, 5.74) is 2.38. The predicted octanol–water partition coefficient (Wildman–Crippen LogP) is 4.62. The highest BCUT2D eigenvalue weighted by molar-refractivity contribution is 7.98. The first-order valence-electron chi connectivity index (χ1n) is 10.4. The van der Waals surface area contributed by atoms with Crippen molar-refractivity contribution in [1.82, 2.24) is 14.7 Å². The Bertz CT molecular complexity index is 964. The van der Waals surface area contributed by atoms with E-state index in [1.165, 1.54) is 10.5 Å². The van der Waals surface area contributed by atoms with Crippen molar-refractivity contribution in [2.75, 3.05) is 24.7 Å². The molecule has 0 saturated carbocycles. The smallest absolute Gasteiger partial charge is 0.229 e. The average Bonchev–Trinajstić information content (AvgIpc) is 3.23. The minimum Gasteiger partial charge on any atom is -0.311 e. The Morgan fingerprint density at radius 1 is 1.07 bits per heavy atom. The number of amides is 1. The Hall–Kier alpha value is -2.57. The van der Waals surface area contributed by atoms with Crippen LogP contribution in [0.3, 0.4) is 0 Å². The molecule has 2 heterocycles. The van der Waals surface area contributed by atoms with Gasteiger partial charge < -0.3 is 5.32 Å². The molecule has 2 aromatic carbocycles. The maximum absolute atomic E-state index is 12.5. The van der Waals surface area contributed by atoms with E-state index >= 15 is 0 Å². The summed E-state index contributed by atoms with van der Waals surface area (Å²) in [4.78, 5) is 16.3. The number of anilines is 1. The first-order chi connectivity index (χ1) is 14.7. The largest absolute Gasteiger partial charge is 0.311 e. The molecule has 1 amide bonds. The maximum atomic E-state index is 12.5. The van der Waals surface area contributed by atoms with Gasteiger partial charge in [-0.05, 0) is 42.4 Å². The van der Waals surface area contributed by atoms with E-state index in [1.54, 1.807) is 18.0 Å². The van der Waals surface area contributed by atoms with Crippen molar-refractivity contribution < 1.29 is 4.79 Å². The van der Waals surface area contributed by atoms with Crippen LogP contribution in [0.25, 0.3) is 0 Å². The van der Waals surface area contributed by atoms with Crippen molar-refractivity contribution in [3.05, 3.63) is 78.0 Å². The molecule has 1 aromatic heterocycles. The molecule has 3 aromatic rings. The Labute approximate surface area is 182 Å². The Morgan fingerprint density at radius 3 is 2.60 bits per heavy atom. The van der Waals surface area contributed by atoms with Crippen LogP contribution in [0.15, 0.2) is 71.8 Å². The lowest BCUT2D eigenvalue weighted by Gasteiger charge is -2.32. The minimum atomic E-state index is -0.00550. The predicted molar refractivity (Wildman–Crippen MR) is 123 cm³/mol. The summed E-state index contributed by atoms with van der Waals surface area (Å²) in [7, 11) is 0. The summed E-state index contributed by atoms with van der Waals surface area (Å²) in [6, 6.07) is 20.8. The fraction of sp³-hybridized carbons (Fsp3) is 0.333. The zero-order chi connectivity index (χ0) is 20.8. The Kier molecular flexibility index (Phi) is 6.87. The van der Waals surface area contributed by atoms with Crippen LogP contribution in [0.5, 0.6) is 0 Å². The number of carbonyl (C=O) groups is 1. The number of piperidine rings is 1. The molecule has 0 bridgehead atoms. The van der Waals surface area contributed by atoms with Crippen LogP contribution in [0.4, 0.5) is 5.82 Å². The Morgan fingerprint density at radius 2 is 1.83 bits per heavy atom. The monoisotopic (exact) mass is 420 g/mol. The van der Waals surface area contributed by atoms with Gasteiger partial charge in [-0.15, -0.1) is 11.8 Å². The van der Waals surface area contributed by atoms with E-state index in [4.69, 9.17) is 0 Å². The molecule has 156 valence electrons. The zero-order valence-electron chi connectivity index (χ0n) is 17.3. The first-order valence-corrected chi connectivity index (χ1v) is 11.7. The third-order valence-electron chi connectivity index (χ3n) is 5.59. The topological polar surface area (TPSA) is 50.2 Å². The molecule has 0 spiro atoms. The van der Waals surface area contributed by atoms with E-state index < -0.39 is 0 Å². The first kappa shape index (κ1) is 20.7. The van der Waals surface area contributed by atoms with E-state index in [9.17, 15) is 4.79 Å². The molecule has 5 nitrogen and oxygen atoms in total. The second-order valence-corrected chi connectivity index (χ2v) is 8.61. The number of carbonyl (C=O) groups excluding carboxylic acids is 1. The van der Waals surface area contributed by atoms with Gasteiger partial charge >= 0.3 is 0 Å². The van der Waals surface area contributed by atoms with Crippen molar-refractivity contribution in [3.8, 4) is 0 Å². The van der Waals surface area contributed by atoms with E-state index in [2.05, 4.69) is 45.8 Å². The molecule has 0 aliphatic carbocycles. The van der Waals surface area contributed by atoms with Gasteiger partial charge in [0.2, 0.25) is 5.91 Å². The second kappa shape index (κ2) is 9.96. The molecule has 1 fully saturated rings. The number of rotatable bonds is 7. The molecule has 1 N–H and O–H groups in total. The van der Waals surface area contributed by atoms with Gasteiger partial charge in [-0.1, -0.05) is 42.5 Å². The molecule has 4 rings (SSSR count). The van der Waals surface area contributed by atoms with Crippen molar-refractivity contribution in [2.45, 2.75) is 36.7 Å². The molecule has 1 aliphatic heterocycles. The molecule has 1 saturated heterocycles. The molecule has 1 aliphatic rings. The summed E-state index contributed by atoms with van der Waals surface area (Å²) in [6.45, 7) is 3.05. The minimum absolute atomic E-state index is 0.00550. The number of hydrogen-bond acceptors (Lipinski definition) is 4. The Balaban J connectivity index is 1.32. The van der Waals surface area contributed by atoms with Crippen molar-refractivity contribution in [2.24, 2.45) is 0 Å². The van der Waals surface area contributed by atoms with Crippen molar-refractivity contribution in [3.63, 3.8) is 0 Å². The summed E-state index contributed by atoms with van der Waals surface area (Å²) < 4.78 is 1.99. The van der Waals surface area contributed by atoms with Crippen molar-refractivity contribution >= 4 is 23.5 Å². The molecular weight excluding hydrogens is 392 g/mol. The lowest BCUT2D eigenvalue weighted by Crippen LogP contribution is -2.35. The van der Waals surface area contributed by atoms with Gasteiger partial charge in [-0.25, -0.2) is 4.68 Å². The standard InChI is InChI=1S/C24H28N4OS/c1-30-22-9-5-8-20(16-22)18-27-14-11-21(12-15-27)28-23(10-13-25-28)26-24(29)17-19-6-3-2-4-7-19/h2-10,13,16,21H,11-12,14-15,17-18H2,1H3,(H,26,29). The highest BCUT2D eigenvalue weighted by Crippen LogP contribution is 2.27. The number of thioether (sulfide) groups is 1. The molecule has 0 atom stereocenters.